The van der Waals surface area contributed by atoms with Gasteiger partial charge in [-0.3, -0.25) is 10.2 Å². The summed E-state index contributed by atoms with van der Waals surface area (Å²) in [5.74, 6) is -1.40. The Hall–Kier alpha value is -1.96. The Morgan fingerprint density at radius 3 is 2.88 bits per heavy atom. The largest absolute Gasteiger partial charge is 0.480 e. The number of aromatic carboxylic acids is 1. The number of hydrogen-bond donors (Lipinski definition) is 4. The highest BCUT2D eigenvalue weighted by Crippen LogP contribution is 2.28. The van der Waals surface area contributed by atoms with Gasteiger partial charge in [0.15, 0.2) is 0 Å². The molecule has 2 saturated heterocycles. The molecule has 0 radical (unpaired) electrons. The van der Waals surface area contributed by atoms with Crippen LogP contribution in [0.15, 0.2) is 24.3 Å². The number of carbonyl (C=O) groups is 2. The fourth-order valence-corrected chi connectivity index (χ4v) is 3.72. The van der Waals surface area contributed by atoms with Gasteiger partial charge in [-0.1, -0.05) is 12.1 Å². The number of rotatable bonds is 5. The number of nitrogens with one attached hydrogen (secondary N) is 2. The minimum absolute atomic E-state index is 0.0339. The van der Waals surface area contributed by atoms with E-state index in [1.807, 2.05) is 6.07 Å². The molecule has 3 atom stereocenters. The highest BCUT2D eigenvalue weighted by Gasteiger charge is 2.35. The zero-order chi connectivity index (χ0) is 17.1. The number of nitrogens with zero attached hydrogens (tertiary/aromatic N) is 1. The third kappa shape index (κ3) is 3.75. The van der Waals surface area contributed by atoms with Crippen LogP contribution < -0.4 is 10.9 Å². The van der Waals surface area contributed by atoms with Gasteiger partial charge < -0.3 is 15.1 Å². The molecule has 1 aromatic rings. The quantitative estimate of drug-likeness (QED) is 0.630. The van der Waals surface area contributed by atoms with Gasteiger partial charge in [-0.15, -0.1) is 0 Å². The number of aliphatic carboxylic acids is 1. The molecular weight excluding hydrogens is 310 g/mol. The normalized spacial score (nSPS) is 27.9. The maximum Gasteiger partial charge on any atom is 0.335 e. The number of piperidine rings is 1. The van der Waals surface area contributed by atoms with E-state index in [2.05, 4.69) is 15.8 Å². The van der Waals surface area contributed by atoms with Crippen LogP contribution >= 0.6 is 0 Å². The molecule has 0 aromatic heterocycles. The van der Waals surface area contributed by atoms with Gasteiger partial charge in [-0.25, -0.2) is 10.2 Å². The molecule has 7 heteroatoms. The Labute approximate surface area is 140 Å². The standard InChI is InChI=1S/C17H23N3O4/c21-16(22)12-4-1-3-11(7-12)13-5-2-6-20(9-13)10-14-8-18-19-15(14)17(23)24/h1,3-4,7,13-15,18-19H,2,5-6,8-10H2,(H,21,22)(H,23,24). The molecule has 0 aliphatic carbocycles. The first-order valence-corrected chi connectivity index (χ1v) is 8.31. The summed E-state index contributed by atoms with van der Waals surface area (Å²) in [4.78, 5) is 24.7. The smallest absolute Gasteiger partial charge is 0.335 e. The third-order valence-corrected chi connectivity index (χ3v) is 4.96. The molecule has 0 spiro atoms. The Morgan fingerprint density at radius 2 is 2.12 bits per heavy atom. The summed E-state index contributed by atoms with van der Waals surface area (Å²) in [5, 5.41) is 18.4. The van der Waals surface area contributed by atoms with Gasteiger partial charge in [0.05, 0.1) is 5.56 Å². The van der Waals surface area contributed by atoms with Crippen LogP contribution in [0.5, 0.6) is 0 Å². The molecule has 2 aliphatic heterocycles. The van der Waals surface area contributed by atoms with E-state index >= 15 is 0 Å². The first-order chi connectivity index (χ1) is 11.5. The predicted octanol–water partition coefficient (Wildman–Crippen LogP) is 0.741. The van der Waals surface area contributed by atoms with Crippen LogP contribution in [0.1, 0.15) is 34.7 Å². The fourth-order valence-electron chi connectivity index (χ4n) is 3.72. The summed E-state index contributed by atoms with van der Waals surface area (Å²) in [6.45, 7) is 3.17. The Bertz CT molecular complexity index is 622. The summed E-state index contributed by atoms with van der Waals surface area (Å²) < 4.78 is 0. The molecule has 2 heterocycles. The lowest BCUT2D eigenvalue weighted by molar-refractivity contribution is -0.140. The molecule has 4 N–H and O–H groups in total. The van der Waals surface area contributed by atoms with E-state index in [-0.39, 0.29) is 5.92 Å². The van der Waals surface area contributed by atoms with Crippen LogP contribution in [0.4, 0.5) is 0 Å². The van der Waals surface area contributed by atoms with Crippen molar-refractivity contribution in [3.05, 3.63) is 35.4 Å². The van der Waals surface area contributed by atoms with Crippen LogP contribution in [0.3, 0.4) is 0 Å². The minimum atomic E-state index is -0.906. The summed E-state index contributed by atoms with van der Waals surface area (Å²) in [6.07, 6.45) is 2.07. The van der Waals surface area contributed by atoms with E-state index in [1.165, 1.54) is 0 Å². The van der Waals surface area contributed by atoms with Crippen LogP contribution in [0, 0.1) is 5.92 Å². The molecule has 1 aromatic carbocycles. The van der Waals surface area contributed by atoms with Crippen molar-refractivity contribution in [2.24, 2.45) is 5.92 Å². The van der Waals surface area contributed by atoms with Crippen molar-refractivity contribution in [3.8, 4) is 0 Å². The molecule has 7 nitrogen and oxygen atoms in total. The van der Waals surface area contributed by atoms with Crippen molar-refractivity contribution in [1.29, 1.82) is 0 Å². The number of carboxylic acid groups (broad SMARTS) is 2. The molecule has 0 bridgehead atoms. The second-order valence-corrected chi connectivity index (χ2v) is 6.63. The molecule has 24 heavy (non-hydrogen) atoms. The lowest BCUT2D eigenvalue weighted by Gasteiger charge is -2.35. The van der Waals surface area contributed by atoms with E-state index < -0.39 is 18.0 Å². The molecule has 130 valence electrons. The Morgan fingerprint density at radius 1 is 1.29 bits per heavy atom. The summed E-state index contributed by atoms with van der Waals surface area (Å²) in [5.41, 5.74) is 7.12. The van der Waals surface area contributed by atoms with Crippen LogP contribution in [0.2, 0.25) is 0 Å². The molecule has 0 amide bonds. The van der Waals surface area contributed by atoms with Crippen molar-refractivity contribution in [2.45, 2.75) is 24.8 Å². The van der Waals surface area contributed by atoms with Crippen LogP contribution in [-0.4, -0.2) is 59.3 Å². The summed E-state index contributed by atoms with van der Waals surface area (Å²) in [7, 11) is 0. The Kier molecular flexibility index (Phi) is 5.13. The number of benzene rings is 1. The first-order valence-electron chi connectivity index (χ1n) is 8.31. The van der Waals surface area contributed by atoms with Crippen LogP contribution in [0.25, 0.3) is 0 Å². The predicted molar refractivity (Wildman–Crippen MR) is 87.9 cm³/mol. The topological polar surface area (TPSA) is 102 Å². The fraction of sp³-hybridized carbons (Fsp3) is 0.529. The van der Waals surface area contributed by atoms with E-state index in [0.717, 1.165) is 38.0 Å². The SMILES string of the molecule is O=C(O)c1cccc(C2CCCN(CC3CNNC3C(=O)O)C2)c1. The highest BCUT2D eigenvalue weighted by molar-refractivity contribution is 5.87. The van der Waals surface area contributed by atoms with Gasteiger partial charge in [0.1, 0.15) is 6.04 Å². The average molecular weight is 333 g/mol. The van der Waals surface area contributed by atoms with E-state index in [4.69, 9.17) is 5.11 Å². The van der Waals surface area contributed by atoms with Crippen molar-refractivity contribution in [1.82, 2.24) is 15.8 Å². The highest BCUT2D eigenvalue weighted by atomic mass is 16.4. The molecule has 0 saturated carbocycles. The van der Waals surface area contributed by atoms with E-state index in [9.17, 15) is 14.7 Å². The lowest BCUT2D eigenvalue weighted by atomic mass is 9.89. The van der Waals surface area contributed by atoms with Gasteiger partial charge in [0.2, 0.25) is 0 Å². The summed E-state index contributed by atoms with van der Waals surface area (Å²) >= 11 is 0. The minimum Gasteiger partial charge on any atom is -0.480 e. The van der Waals surface area contributed by atoms with Crippen molar-refractivity contribution in [3.63, 3.8) is 0 Å². The second kappa shape index (κ2) is 7.29. The lowest BCUT2D eigenvalue weighted by Crippen LogP contribution is -2.44. The van der Waals surface area contributed by atoms with Crippen molar-refractivity contribution in [2.75, 3.05) is 26.2 Å². The van der Waals surface area contributed by atoms with Gasteiger partial charge in [-0.05, 0) is 43.0 Å². The average Bonchev–Trinajstić information content (AvgIpc) is 3.03. The first kappa shape index (κ1) is 16.9. The third-order valence-electron chi connectivity index (χ3n) is 4.96. The zero-order valence-corrected chi connectivity index (χ0v) is 13.4. The van der Waals surface area contributed by atoms with E-state index in [1.54, 1.807) is 18.2 Å². The van der Waals surface area contributed by atoms with Gasteiger partial charge in [-0.2, -0.15) is 0 Å². The monoisotopic (exact) mass is 333 g/mol. The van der Waals surface area contributed by atoms with Gasteiger partial charge >= 0.3 is 11.9 Å². The second-order valence-electron chi connectivity index (χ2n) is 6.63. The number of carboxylic acids is 2. The maximum absolute atomic E-state index is 11.3. The number of likely N-dealkylation sites (tertiary alicyclic amines) is 1. The van der Waals surface area contributed by atoms with Crippen molar-refractivity contribution < 1.29 is 19.8 Å². The number of hydrogen-bond acceptors (Lipinski definition) is 5. The maximum atomic E-state index is 11.3. The Balaban J connectivity index is 1.65. The van der Waals surface area contributed by atoms with Crippen LogP contribution in [-0.2, 0) is 4.79 Å². The molecule has 3 unspecified atom stereocenters. The molecule has 2 fully saturated rings. The van der Waals surface area contributed by atoms with Gasteiger partial charge in [0, 0.05) is 25.6 Å². The molecule has 3 rings (SSSR count). The molecular formula is C17H23N3O4. The summed E-state index contributed by atoms with van der Waals surface area (Å²) in [6, 6.07) is 6.60. The van der Waals surface area contributed by atoms with Crippen molar-refractivity contribution >= 4 is 11.9 Å². The zero-order valence-electron chi connectivity index (χ0n) is 13.4. The molecule has 2 aliphatic rings. The number of hydrazine groups is 1. The van der Waals surface area contributed by atoms with E-state index in [0.29, 0.717) is 18.0 Å². The van der Waals surface area contributed by atoms with Gasteiger partial charge in [0.25, 0.3) is 0 Å².